The van der Waals surface area contributed by atoms with Crippen molar-refractivity contribution in [3.63, 3.8) is 0 Å². The summed E-state index contributed by atoms with van der Waals surface area (Å²) in [7, 11) is 0. The molecule has 0 amide bonds. The van der Waals surface area contributed by atoms with Crippen LogP contribution in [0.1, 0.15) is 30.1 Å². The smallest absolute Gasteiger partial charge is 0.189 e. The van der Waals surface area contributed by atoms with Crippen LogP contribution < -0.4 is 4.90 Å². The maximum Gasteiger partial charge on any atom is 0.189 e. The van der Waals surface area contributed by atoms with Gasteiger partial charge in [-0.3, -0.25) is 4.98 Å². The molecule has 0 radical (unpaired) electrons. The van der Waals surface area contributed by atoms with E-state index in [1.165, 1.54) is 11.4 Å². The van der Waals surface area contributed by atoms with E-state index in [4.69, 9.17) is 0 Å². The number of hydrogen-bond acceptors (Lipinski definition) is 6. The summed E-state index contributed by atoms with van der Waals surface area (Å²) in [6, 6.07) is 6.13. The number of anilines is 1. The van der Waals surface area contributed by atoms with E-state index in [-0.39, 0.29) is 0 Å². The molecule has 1 aliphatic rings. The highest BCUT2D eigenvalue weighted by atomic mass is 32.2. The molecular formula is C19H22N6S. The normalized spacial score (nSPS) is 15.3. The zero-order valence-electron chi connectivity index (χ0n) is 14.8. The molecule has 26 heavy (non-hydrogen) atoms. The average Bonchev–Trinajstić information content (AvgIpc) is 3.17. The third-order valence-corrected chi connectivity index (χ3v) is 5.40. The molecule has 1 saturated heterocycles. The van der Waals surface area contributed by atoms with E-state index in [0.717, 1.165) is 43.5 Å². The molecule has 1 aliphatic heterocycles. The first-order chi connectivity index (χ1) is 12.8. The summed E-state index contributed by atoms with van der Waals surface area (Å²) in [6.45, 7) is 2.84. The van der Waals surface area contributed by atoms with Crippen molar-refractivity contribution in [1.29, 1.82) is 0 Å². The van der Waals surface area contributed by atoms with Crippen LogP contribution in [-0.2, 0) is 6.54 Å². The number of rotatable bonds is 5. The summed E-state index contributed by atoms with van der Waals surface area (Å²) < 4.78 is 2.27. The van der Waals surface area contributed by atoms with Crippen LogP contribution in [0.25, 0.3) is 0 Å². The molecule has 0 N–H and O–H groups in total. The van der Waals surface area contributed by atoms with E-state index in [2.05, 4.69) is 47.7 Å². The van der Waals surface area contributed by atoms with Gasteiger partial charge in [0.15, 0.2) is 5.16 Å². The molecule has 3 aromatic heterocycles. The Kier molecular flexibility index (Phi) is 5.15. The predicted molar refractivity (Wildman–Crippen MR) is 104 cm³/mol. The van der Waals surface area contributed by atoms with Gasteiger partial charge < -0.3 is 9.47 Å². The molecule has 134 valence electrons. The SMILES string of the molecule is CSc1nccc(N2CCC(c3nccn3Cc3ccncc3)CC2)n1. The van der Waals surface area contributed by atoms with E-state index < -0.39 is 0 Å². The largest absolute Gasteiger partial charge is 0.356 e. The molecule has 7 heteroatoms. The van der Waals surface area contributed by atoms with Crippen LogP contribution in [0.4, 0.5) is 5.82 Å². The highest BCUT2D eigenvalue weighted by molar-refractivity contribution is 7.98. The Morgan fingerprint density at radius 2 is 1.85 bits per heavy atom. The Balaban J connectivity index is 1.43. The van der Waals surface area contributed by atoms with Gasteiger partial charge in [0, 0.05) is 56.5 Å². The highest BCUT2D eigenvalue weighted by Gasteiger charge is 2.24. The fraction of sp³-hybridized carbons (Fsp3) is 0.368. The Bertz CT molecular complexity index is 842. The molecule has 0 spiro atoms. The van der Waals surface area contributed by atoms with Crippen molar-refractivity contribution in [2.45, 2.75) is 30.5 Å². The minimum Gasteiger partial charge on any atom is -0.356 e. The van der Waals surface area contributed by atoms with Crippen molar-refractivity contribution in [2.75, 3.05) is 24.2 Å². The quantitative estimate of drug-likeness (QED) is 0.510. The van der Waals surface area contributed by atoms with Gasteiger partial charge in [0.25, 0.3) is 0 Å². The lowest BCUT2D eigenvalue weighted by atomic mass is 9.96. The Hall–Kier alpha value is -2.41. The fourth-order valence-corrected chi connectivity index (χ4v) is 3.82. The van der Waals surface area contributed by atoms with Gasteiger partial charge in [-0.1, -0.05) is 11.8 Å². The number of imidazole rings is 1. The number of nitrogens with zero attached hydrogens (tertiary/aromatic N) is 6. The van der Waals surface area contributed by atoms with Crippen molar-refractivity contribution in [1.82, 2.24) is 24.5 Å². The van der Waals surface area contributed by atoms with Gasteiger partial charge in [-0.2, -0.15) is 0 Å². The van der Waals surface area contributed by atoms with Gasteiger partial charge in [-0.15, -0.1) is 0 Å². The topological polar surface area (TPSA) is 59.7 Å². The molecule has 6 nitrogen and oxygen atoms in total. The minimum atomic E-state index is 0.491. The van der Waals surface area contributed by atoms with Crippen molar-refractivity contribution >= 4 is 17.6 Å². The van der Waals surface area contributed by atoms with Gasteiger partial charge in [-0.05, 0) is 42.9 Å². The summed E-state index contributed by atoms with van der Waals surface area (Å²) in [5.41, 5.74) is 1.25. The van der Waals surface area contributed by atoms with Crippen LogP contribution >= 0.6 is 11.8 Å². The lowest BCUT2D eigenvalue weighted by Crippen LogP contribution is -2.34. The average molecular weight is 366 g/mol. The molecule has 4 rings (SSSR count). The molecule has 0 aromatic carbocycles. The van der Waals surface area contributed by atoms with Crippen LogP contribution in [0.5, 0.6) is 0 Å². The van der Waals surface area contributed by atoms with Crippen molar-refractivity contribution in [3.05, 3.63) is 60.6 Å². The molecule has 4 heterocycles. The van der Waals surface area contributed by atoms with E-state index in [0.29, 0.717) is 5.92 Å². The second-order valence-electron chi connectivity index (χ2n) is 6.43. The van der Waals surface area contributed by atoms with E-state index in [1.54, 1.807) is 11.8 Å². The van der Waals surface area contributed by atoms with Crippen molar-refractivity contribution < 1.29 is 0 Å². The number of pyridine rings is 1. The summed E-state index contributed by atoms with van der Waals surface area (Å²) >= 11 is 1.58. The van der Waals surface area contributed by atoms with E-state index >= 15 is 0 Å². The summed E-state index contributed by atoms with van der Waals surface area (Å²) in [4.78, 5) is 20.0. The first kappa shape index (κ1) is 17.0. The van der Waals surface area contributed by atoms with Crippen molar-refractivity contribution in [2.24, 2.45) is 0 Å². The second kappa shape index (κ2) is 7.86. The molecule has 0 unspecified atom stereocenters. The Morgan fingerprint density at radius 1 is 1.04 bits per heavy atom. The van der Waals surface area contributed by atoms with Crippen LogP contribution in [0.15, 0.2) is 54.3 Å². The molecule has 0 bridgehead atoms. The zero-order valence-corrected chi connectivity index (χ0v) is 15.6. The maximum atomic E-state index is 4.66. The standard InChI is InChI=1S/C19H22N6S/c1-26-19-22-9-4-17(23-19)24-11-5-16(6-12-24)18-21-10-13-25(18)14-15-2-7-20-8-3-15/h2-4,7-10,13,16H,5-6,11-12,14H2,1H3. The maximum absolute atomic E-state index is 4.66. The zero-order chi connectivity index (χ0) is 17.8. The number of aromatic nitrogens is 5. The van der Waals surface area contributed by atoms with Gasteiger partial charge in [0.2, 0.25) is 0 Å². The highest BCUT2D eigenvalue weighted by Crippen LogP contribution is 2.29. The van der Waals surface area contributed by atoms with Gasteiger partial charge in [0.1, 0.15) is 11.6 Å². The lowest BCUT2D eigenvalue weighted by molar-refractivity contribution is 0.467. The van der Waals surface area contributed by atoms with Crippen LogP contribution in [0.2, 0.25) is 0 Å². The molecule has 0 aliphatic carbocycles. The number of piperidine rings is 1. The minimum absolute atomic E-state index is 0.491. The molecule has 0 saturated carbocycles. The number of thioether (sulfide) groups is 1. The summed E-state index contributed by atoms with van der Waals surface area (Å²) in [5.74, 6) is 2.71. The van der Waals surface area contributed by atoms with E-state index in [9.17, 15) is 0 Å². The number of hydrogen-bond donors (Lipinski definition) is 0. The second-order valence-corrected chi connectivity index (χ2v) is 7.21. The van der Waals surface area contributed by atoms with E-state index in [1.807, 2.05) is 37.1 Å². The van der Waals surface area contributed by atoms with Crippen molar-refractivity contribution in [3.8, 4) is 0 Å². The molecule has 3 aromatic rings. The van der Waals surface area contributed by atoms with Gasteiger partial charge >= 0.3 is 0 Å². The van der Waals surface area contributed by atoms with Crippen LogP contribution in [-0.4, -0.2) is 43.8 Å². The monoisotopic (exact) mass is 366 g/mol. The van der Waals surface area contributed by atoms with Gasteiger partial charge in [0.05, 0.1) is 0 Å². The third-order valence-electron chi connectivity index (χ3n) is 4.84. The van der Waals surface area contributed by atoms with Crippen LogP contribution in [0, 0.1) is 0 Å². The first-order valence-electron chi connectivity index (χ1n) is 8.85. The van der Waals surface area contributed by atoms with Gasteiger partial charge in [-0.25, -0.2) is 15.0 Å². The molecule has 1 fully saturated rings. The Morgan fingerprint density at radius 3 is 2.62 bits per heavy atom. The first-order valence-corrected chi connectivity index (χ1v) is 10.1. The lowest BCUT2D eigenvalue weighted by Gasteiger charge is -2.32. The third kappa shape index (κ3) is 3.72. The molecular weight excluding hydrogens is 344 g/mol. The van der Waals surface area contributed by atoms with Crippen LogP contribution in [0.3, 0.4) is 0 Å². The summed E-state index contributed by atoms with van der Waals surface area (Å²) in [6.07, 6.45) is 13.7. The Labute approximate surface area is 157 Å². The fourth-order valence-electron chi connectivity index (χ4n) is 3.47. The predicted octanol–water partition coefficient (Wildman–Crippen LogP) is 3.22. The molecule has 0 atom stereocenters. The summed E-state index contributed by atoms with van der Waals surface area (Å²) in [5, 5.41) is 0.831.